The number of hydrogen-bond acceptors (Lipinski definition) is 7. The van der Waals surface area contributed by atoms with E-state index in [4.69, 9.17) is 6.42 Å². The van der Waals surface area contributed by atoms with Gasteiger partial charge in [0.05, 0.1) is 11.8 Å². The third-order valence-electron chi connectivity index (χ3n) is 11.4. The maximum absolute atomic E-state index is 14.5. The first-order valence-electron chi connectivity index (χ1n) is 17.5. The number of ketones is 4. The fourth-order valence-corrected chi connectivity index (χ4v) is 9.87. The first kappa shape index (κ1) is 38.8. The number of amides is 1. The second kappa shape index (κ2) is 15.3. The number of piperidine rings is 1. The van der Waals surface area contributed by atoms with Crippen LogP contribution in [0.15, 0.2) is 12.7 Å². The number of hydrogen-bond donors (Lipinski definition) is 0. The van der Waals surface area contributed by atoms with E-state index in [-0.39, 0.29) is 84.8 Å². The molecule has 0 spiro atoms. The predicted molar refractivity (Wildman–Crippen MR) is 184 cm³/mol. The third kappa shape index (κ3) is 9.31. The average Bonchev–Trinajstić information content (AvgIpc) is 3.30. The Labute approximate surface area is 283 Å². The van der Waals surface area contributed by atoms with E-state index < -0.39 is 50.1 Å². The van der Waals surface area contributed by atoms with E-state index in [1.807, 2.05) is 20.8 Å². The van der Waals surface area contributed by atoms with Crippen molar-refractivity contribution in [3.63, 3.8) is 0 Å². The van der Waals surface area contributed by atoms with E-state index in [9.17, 15) is 32.4 Å². The van der Waals surface area contributed by atoms with E-state index in [1.165, 1.54) is 0 Å². The van der Waals surface area contributed by atoms with Gasteiger partial charge in [-0.25, -0.2) is 8.42 Å². The lowest BCUT2D eigenvalue weighted by molar-refractivity contribution is -0.148. The van der Waals surface area contributed by atoms with Gasteiger partial charge >= 0.3 is 0 Å². The molecule has 1 aliphatic heterocycles. The fraction of sp³-hybridized carbons (Fsp3) is 0.763. The monoisotopic (exact) mass is 671 g/mol. The number of nitrogens with zero attached hydrogens (tertiary/aromatic N) is 1. The highest BCUT2D eigenvalue weighted by atomic mass is 32.2. The summed E-state index contributed by atoms with van der Waals surface area (Å²) in [6.07, 6.45) is 12.0. The van der Waals surface area contributed by atoms with E-state index in [0.717, 1.165) is 19.3 Å². The second-order valence-corrected chi connectivity index (χ2v) is 18.5. The van der Waals surface area contributed by atoms with Gasteiger partial charge in [0.2, 0.25) is 11.7 Å². The van der Waals surface area contributed by atoms with E-state index in [0.29, 0.717) is 25.8 Å². The van der Waals surface area contributed by atoms with Crippen molar-refractivity contribution in [2.45, 2.75) is 125 Å². The van der Waals surface area contributed by atoms with Crippen LogP contribution in [0.2, 0.25) is 0 Å². The molecular weight excluding hydrogens is 614 g/mol. The number of rotatable bonds is 18. The molecule has 1 amide bonds. The van der Waals surface area contributed by atoms with Crippen molar-refractivity contribution in [3.05, 3.63) is 12.7 Å². The summed E-state index contributed by atoms with van der Waals surface area (Å²) in [6.45, 7) is 15.6. The molecule has 0 aromatic heterocycles. The molecule has 0 N–H and O–H groups in total. The largest absolute Gasteiger partial charge is 0.332 e. The molecule has 0 radical (unpaired) electrons. The van der Waals surface area contributed by atoms with Gasteiger partial charge in [0.1, 0.15) is 5.78 Å². The van der Waals surface area contributed by atoms with Crippen molar-refractivity contribution in [3.8, 4) is 12.3 Å². The van der Waals surface area contributed by atoms with Crippen LogP contribution in [0.5, 0.6) is 0 Å². The van der Waals surface area contributed by atoms with Crippen molar-refractivity contribution in [1.29, 1.82) is 0 Å². The number of terminal acetylenes is 1. The van der Waals surface area contributed by atoms with Gasteiger partial charge in [-0.2, -0.15) is 0 Å². The predicted octanol–water partition coefficient (Wildman–Crippen LogP) is 5.96. The van der Waals surface area contributed by atoms with Gasteiger partial charge in [-0.15, -0.1) is 18.9 Å². The molecule has 9 heteroatoms. The molecule has 0 aromatic rings. The van der Waals surface area contributed by atoms with Crippen LogP contribution in [0.4, 0.5) is 0 Å². The van der Waals surface area contributed by atoms with Crippen LogP contribution < -0.4 is 0 Å². The quantitative estimate of drug-likeness (QED) is 0.100. The van der Waals surface area contributed by atoms with Crippen LogP contribution in [-0.2, 0) is 33.8 Å². The minimum absolute atomic E-state index is 0.00678. The minimum atomic E-state index is -3.30. The van der Waals surface area contributed by atoms with Crippen LogP contribution in [0.1, 0.15) is 119 Å². The summed E-state index contributed by atoms with van der Waals surface area (Å²) >= 11 is 0. The molecule has 0 bridgehead atoms. The highest BCUT2D eigenvalue weighted by molar-refractivity contribution is 7.91. The highest BCUT2D eigenvalue weighted by Gasteiger charge is 2.69. The number of carbonyl (C=O) groups is 5. The molecule has 0 aromatic carbocycles. The standard InChI is InChI=1S/C38H57NO7S/c1-9-12-17-26(34(43)30(41)18-13-10-2)21-31(42)33-32-29(37(32,7)8)24-39(33)35(44)28(36(4,5)6)22-27(40)23-38(19-15-14-16-20-38)25-47(45,46)11-3/h1,10,26,28-29,32-33H,2,11-25H2,3-8H3/t26?,28-,29?,32+,33-/m1/s1. The fourth-order valence-electron chi connectivity index (χ4n) is 8.34. The van der Waals surface area contributed by atoms with E-state index in [2.05, 4.69) is 26.3 Å². The maximum atomic E-state index is 14.5. The smallest absolute Gasteiger partial charge is 0.227 e. The molecule has 2 aliphatic carbocycles. The molecule has 5 atom stereocenters. The zero-order valence-electron chi connectivity index (χ0n) is 29.6. The Morgan fingerprint density at radius 1 is 1.06 bits per heavy atom. The lowest BCUT2D eigenvalue weighted by atomic mass is 9.70. The van der Waals surface area contributed by atoms with Gasteiger partial charge in [-0.05, 0) is 53.8 Å². The van der Waals surface area contributed by atoms with Crippen LogP contribution in [-0.4, -0.2) is 66.5 Å². The van der Waals surface area contributed by atoms with Gasteiger partial charge in [0.15, 0.2) is 21.4 Å². The SMILES string of the molecule is C#CCCC(CC(=O)[C@@H]1[C@@H]2C(CN1C(=O)[C@@H](CC(=O)CC1(CS(=O)(=O)CC)CCCCC1)C(C)(C)C)C2(C)C)C(=O)C(=O)CCC=C. The minimum Gasteiger partial charge on any atom is -0.332 e. The Morgan fingerprint density at radius 3 is 2.26 bits per heavy atom. The molecule has 3 rings (SSSR count). The first-order chi connectivity index (χ1) is 21.8. The summed E-state index contributed by atoms with van der Waals surface area (Å²) in [6, 6.07) is -0.744. The number of fused-ring (bicyclic) bond motifs is 1. The molecule has 3 fully saturated rings. The van der Waals surface area contributed by atoms with Crippen LogP contribution in [0.25, 0.3) is 0 Å². The van der Waals surface area contributed by atoms with Gasteiger partial charge in [-0.1, -0.05) is 66.9 Å². The molecule has 2 saturated carbocycles. The summed E-state index contributed by atoms with van der Waals surface area (Å²) in [5.74, 6) is -0.707. The Kier molecular flexibility index (Phi) is 12.6. The average molecular weight is 672 g/mol. The number of carbonyl (C=O) groups excluding carboxylic acids is 5. The number of sulfone groups is 1. The molecular formula is C38H57NO7S. The maximum Gasteiger partial charge on any atom is 0.227 e. The highest BCUT2D eigenvalue weighted by Crippen LogP contribution is 2.65. The number of Topliss-reactive ketones (excluding diaryl/α,β-unsaturated/α-hetero) is 4. The van der Waals surface area contributed by atoms with Gasteiger partial charge in [-0.3, -0.25) is 24.0 Å². The van der Waals surface area contributed by atoms with Crippen molar-refractivity contribution in [2.24, 2.45) is 39.9 Å². The zero-order chi connectivity index (χ0) is 35.4. The van der Waals surface area contributed by atoms with Crippen molar-refractivity contribution in [2.75, 3.05) is 18.1 Å². The first-order valence-corrected chi connectivity index (χ1v) is 19.3. The summed E-state index contributed by atoms with van der Waals surface area (Å²) in [7, 11) is -3.30. The summed E-state index contributed by atoms with van der Waals surface area (Å²) in [4.78, 5) is 69.8. The Morgan fingerprint density at radius 2 is 1.70 bits per heavy atom. The molecule has 47 heavy (non-hydrogen) atoms. The molecule has 262 valence electrons. The summed E-state index contributed by atoms with van der Waals surface area (Å²) < 4.78 is 25.4. The molecule has 1 heterocycles. The van der Waals surface area contributed by atoms with Gasteiger partial charge < -0.3 is 4.90 Å². The van der Waals surface area contributed by atoms with Crippen molar-refractivity contribution in [1.82, 2.24) is 4.90 Å². The normalized spacial score (nSPS) is 24.4. The Hall–Kier alpha value is -2.60. The summed E-state index contributed by atoms with van der Waals surface area (Å²) in [5.41, 5.74) is -1.35. The Balaban J connectivity index is 1.85. The number of allylic oxidation sites excluding steroid dienone is 1. The van der Waals surface area contributed by atoms with Crippen molar-refractivity contribution < 1.29 is 32.4 Å². The third-order valence-corrected chi connectivity index (χ3v) is 13.3. The van der Waals surface area contributed by atoms with Gasteiger partial charge in [0.25, 0.3) is 0 Å². The van der Waals surface area contributed by atoms with Crippen molar-refractivity contribution >= 4 is 38.9 Å². The van der Waals surface area contributed by atoms with E-state index in [1.54, 1.807) is 17.9 Å². The number of likely N-dealkylation sites (tertiary alicyclic amines) is 1. The molecule has 8 nitrogen and oxygen atoms in total. The zero-order valence-corrected chi connectivity index (χ0v) is 30.4. The van der Waals surface area contributed by atoms with E-state index >= 15 is 0 Å². The lowest BCUT2D eigenvalue weighted by Crippen LogP contribution is -2.51. The van der Waals surface area contributed by atoms with Crippen LogP contribution in [0.3, 0.4) is 0 Å². The van der Waals surface area contributed by atoms with Gasteiger partial charge in [0, 0.05) is 56.2 Å². The molecule has 1 saturated heterocycles. The molecule has 3 aliphatic rings. The lowest BCUT2D eigenvalue weighted by Gasteiger charge is -2.39. The second-order valence-electron chi connectivity index (χ2n) is 16.2. The van der Waals surface area contributed by atoms with Crippen LogP contribution in [0, 0.1) is 52.3 Å². The topological polar surface area (TPSA) is 123 Å². The summed E-state index contributed by atoms with van der Waals surface area (Å²) in [5, 5.41) is 0. The Bertz CT molecular complexity index is 1370. The van der Waals surface area contributed by atoms with Crippen LogP contribution >= 0.6 is 0 Å². The molecule has 2 unspecified atom stereocenters.